The molecule has 8 nitrogen and oxygen atoms in total. The molecule has 0 N–H and O–H groups in total. The van der Waals surface area contributed by atoms with Crippen molar-refractivity contribution in [1.82, 2.24) is 24.8 Å². The molecule has 0 radical (unpaired) electrons. The number of carbonyl (C=O) groups is 1. The van der Waals surface area contributed by atoms with E-state index in [1.165, 1.54) is 18.9 Å². The van der Waals surface area contributed by atoms with Crippen LogP contribution in [0.5, 0.6) is 6.01 Å². The molecule has 214 valence electrons. The molecular formula is C33H33ClN6O2. The number of hydrogen-bond acceptors (Lipinski definition) is 7. The number of amides is 1. The van der Waals surface area contributed by atoms with E-state index in [1.807, 2.05) is 29.2 Å². The van der Waals surface area contributed by atoms with Gasteiger partial charge in [-0.15, -0.1) is 0 Å². The Morgan fingerprint density at radius 1 is 1.02 bits per heavy atom. The van der Waals surface area contributed by atoms with Gasteiger partial charge >= 0.3 is 6.01 Å². The molecule has 8 rings (SSSR count). The van der Waals surface area contributed by atoms with Crippen LogP contribution >= 0.6 is 11.6 Å². The summed E-state index contributed by atoms with van der Waals surface area (Å²) in [7, 11) is 0. The molecule has 1 unspecified atom stereocenters. The third-order valence-corrected chi connectivity index (χ3v) is 10.3. The highest BCUT2D eigenvalue weighted by Crippen LogP contribution is 2.42. The van der Waals surface area contributed by atoms with Crippen LogP contribution in [0.4, 0.5) is 5.82 Å². The fourth-order valence-corrected chi connectivity index (χ4v) is 8.11. The van der Waals surface area contributed by atoms with Crippen LogP contribution in [0.3, 0.4) is 0 Å². The Bertz CT molecular complexity index is 1730. The maximum Gasteiger partial charge on any atom is 0.320 e. The summed E-state index contributed by atoms with van der Waals surface area (Å²) < 4.78 is 6.46. The maximum absolute atomic E-state index is 12.4. The first-order chi connectivity index (χ1) is 20.5. The summed E-state index contributed by atoms with van der Waals surface area (Å²) in [6.07, 6.45) is 7.03. The number of hydrogen-bond donors (Lipinski definition) is 0. The van der Waals surface area contributed by atoms with E-state index in [1.54, 1.807) is 0 Å². The molecule has 2 aromatic heterocycles. The van der Waals surface area contributed by atoms with Crippen molar-refractivity contribution in [2.24, 2.45) is 0 Å². The van der Waals surface area contributed by atoms with Gasteiger partial charge in [0.2, 0.25) is 5.91 Å². The summed E-state index contributed by atoms with van der Waals surface area (Å²) in [6.45, 7) is 8.00. The molecule has 0 spiro atoms. The van der Waals surface area contributed by atoms with Crippen LogP contribution in [-0.2, 0) is 4.79 Å². The number of anilines is 1. The minimum atomic E-state index is -0.00397. The molecule has 4 aliphatic heterocycles. The van der Waals surface area contributed by atoms with E-state index in [4.69, 9.17) is 31.3 Å². The smallest absolute Gasteiger partial charge is 0.320 e. The van der Waals surface area contributed by atoms with Crippen LogP contribution in [-0.4, -0.2) is 81.1 Å². The number of halogens is 1. The van der Waals surface area contributed by atoms with Gasteiger partial charge in [-0.2, -0.15) is 9.97 Å². The summed E-state index contributed by atoms with van der Waals surface area (Å²) in [5.41, 5.74) is 2.46. The number of aromatic nitrogens is 3. The average Bonchev–Trinajstić information content (AvgIpc) is 3.68. The van der Waals surface area contributed by atoms with Crippen molar-refractivity contribution in [1.29, 1.82) is 0 Å². The van der Waals surface area contributed by atoms with Crippen LogP contribution < -0.4 is 9.64 Å². The van der Waals surface area contributed by atoms with Gasteiger partial charge in [0.15, 0.2) is 5.65 Å². The highest BCUT2D eigenvalue weighted by molar-refractivity contribution is 6.36. The van der Waals surface area contributed by atoms with Crippen molar-refractivity contribution in [3.05, 3.63) is 66.2 Å². The molecule has 4 saturated heterocycles. The highest BCUT2D eigenvalue weighted by Gasteiger charge is 2.49. The van der Waals surface area contributed by atoms with Crippen molar-refractivity contribution >= 4 is 45.1 Å². The van der Waals surface area contributed by atoms with Gasteiger partial charge in [0.05, 0.1) is 28.7 Å². The van der Waals surface area contributed by atoms with Crippen molar-refractivity contribution in [3.63, 3.8) is 0 Å². The summed E-state index contributed by atoms with van der Waals surface area (Å²) >= 11 is 6.67. The molecule has 2 atom stereocenters. The zero-order chi connectivity index (χ0) is 28.4. The largest absolute Gasteiger partial charge is 0.461 e. The fourth-order valence-electron chi connectivity index (χ4n) is 7.83. The van der Waals surface area contributed by atoms with E-state index in [9.17, 15) is 4.79 Å². The first-order valence-electron chi connectivity index (χ1n) is 15.0. The van der Waals surface area contributed by atoms with Crippen LogP contribution in [0.25, 0.3) is 33.1 Å². The van der Waals surface area contributed by atoms with E-state index >= 15 is 0 Å². The molecule has 4 aliphatic rings. The van der Waals surface area contributed by atoms with Gasteiger partial charge in [-0.05, 0) is 74.9 Å². The van der Waals surface area contributed by atoms with Gasteiger partial charge in [0.25, 0.3) is 0 Å². The molecule has 42 heavy (non-hydrogen) atoms. The Labute approximate surface area is 249 Å². The lowest BCUT2D eigenvalue weighted by Crippen LogP contribution is -2.63. The predicted octanol–water partition coefficient (Wildman–Crippen LogP) is 5.48. The van der Waals surface area contributed by atoms with Crippen LogP contribution in [0, 0.1) is 0 Å². The topological polar surface area (TPSA) is 74.7 Å². The monoisotopic (exact) mass is 580 g/mol. The Morgan fingerprint density at radius 3 is 2.64 bits per heavy atom. The quantitative estimate of drug-likeness (QED) is 0.280. The predicted molar refractivity (Wildman–Crippen MR) is 165 cm³/mol. The minimum Gasteiger partial charge on any atom is -0.461 e. The van der Waals surface area contributed by atoms with Crippen molar-refractivity contribution in [2.45, 2.75) is 49.7 Å². The van der Waals surface area contributed by atoms with Gasteiger partial charge in [-0.25, -0.2) is 4.98 Å². The Morgan fingerprint density at radius 2 is 1.83 bits per heavy atom. The van der Waals surface area contributed by atoms with Gasteiger partial charge in [-0.3, -0.25) is 9.69 Å². The molecule has 6 heterocycles. The number of benzene rings is 2. The lowest BCUT2D eigenvalue weighted by atomic mass is 9.95. The van der Waals surface area contributed by atoms with Crippen LogP contribution in [0.1, 0.15) is 32.1 Å². The first kappa shape index (κ1) is 25.9. The molecule has 4 aromatic rings. The second-order valence-electron chi connectivity index (χ2n) is 12.1. The number of rotatable bonds is 6. The van der Waals surface area contributed by atoms with E-state index in [0.717, 1.165) is 72.1 Å². The van der Waals surface area contributed by atoms with E-state index in [2.05, 4.69) is 40.6 Å². The fraction of sp³-hybridized carbons (Fsp3) is 0.394. The minimum absolute atomic E-state index is 0.00397. The number of ether oxygens (including phenoxy) is 1. The maximum atomic E-state index is 12.4. The molecule has 1 amide bonds. The summed E-state index contributed by atoms with van der Waals surface area (Å²) in [5.74, 6) is 0.821. The van der Waals surface area contributed by atoms with Gasteiger partial charge in [0, 0.05) is 29.1 Å². The third kappa shape index (κ3) is 3.99. The zero-order valence-electron chi connectivity index (χ0n) is 23.5. The standard InChI is InChI=1S/C33H33ClN6O2/c1-2-28(41)39-18-13-26-27(39)19-40(26)31-23-11-12-25(22-9-3-7-21-8-4-10-24(34)29(21)22)35-30(23)36-32(37-31)42-20-33-14-5-16-38(33)17-6-15-33/h2-4,7-12,26-27H,1,5-6,13-20H2/t26?,27-/m1/s1. The lowest BCUT2D eigenvalue weighted by molar-refractivity contribution is -0.127. The highest BCUT2D eigenvalue weighted by atomic mass is 35.5. The van der Waals surface area contributed by atoms with Gasteiger partial charge in [-0.1, -0.05) is 48.5 Å². The number of nitrogens with zero attached hydrogens (tertiary/aromatic N) is 6. The summed E-state index contributed by atoms with van der Waals surface area (Å²) in [4.78, 5) is 34.2. The van der Waals surface area contributed by atoms with Crippen molar-refractivity contribution in [3.8, 4) is 17.3 Å². The second-order valence-corrected chi connectivity index (χ2v) is 12.5. The molecule has 0 saturated carbocycles. The number of fused-ring (bicyclic) bond motifs is 4. The normalized spacial score (nSPS) is 22.8. The molecule has 0 aliphatic carbocycles. The Hall–Kier alpha value is -3.75. The van der Waals surface area contributed by atoms with Crippen molar-refractivity contribution < 1.29 is 9.53 Å². The van der Waals surface area contributed by atoms with E-state index < -0.39 is 0 Å². The summed E-state index contributed by atoms with van der Waals surface area (Å²) in [5, 5.41) is 3.62. The van der Waals surface area contributed by atoms with Gasteiger partial charge in [0.1, 0.15) is 12.4 Å². The average molecular weight is 581 g/mol. The lowest BCUT2D eigenvalue weighted by Gasteiger charge is -2.47. The zero-order valence-corrected chi connectivity index (χ0v) is 24.3. The molecule has 9 heteroatoms. The third-order valence-electron chi connectivity index (χ3n) is 9.95. The van der Waals surface area contributed by atoms with Gasteiger partial charge < -0.3 is 14.5 Å². The molecule has 2 aromatic carbocycles. The van der Waals surface area contributed by atoms with Crippen LogP contribution in [0.15, 0.2) is 61.2 Å². The first-order valence-corrected chi connectivity index (χ1v) is 15.4. The van der Waals surface area contributed by atoms with Crippen LogP contribution in [0.2, 0.25) is 5.02 Å². The molecule has 0 bridgehead atoms. The SMILES string of the molecule is C=CC(=O)N1CCC2[C@H]1CN2c1nc(OCC23CCCN2CCC3)nc2nc(-c3cccc4cccc(Cl)c34)ccc12. The molecule has 4 fully saturated rings. The van der Waals surface area contributed by atoms with Crippen molar-refractivity contribution in [2.75, 3.05) is 37.7 Å². The summed E-state index contributed by atoms with van der Waals surface area (Å²) in [6, 6.07) is 16.9. The number of pyridine rings is 1. The Balaban J connectivity index is 1.20. The second kappa shape index (κ2) is 9.92. The number of carbonyl (C=O) groups excluding carboxylic acids is 1. The van der Waals surface area contributed by atoms with E-state index in [-0.39, 0.29) is 23.5 Å². The van der Waals surface area contributed by atoms with E-state index in [0.29, 0.717) is 29.8 Å². The Kier molecular flexibility index (Phi) is 6.12. The molecular weight excluding hydrogens is 548 g/mol. The number of likely N-dealkylation sites (tertiary alicyclic amines) is 1.